The zero-order valence-electron chi connectivity index (χ0n) is 10.1. The predicted octanol–water partition coefficient (Wildman–Crippen LogP) is 2.16. The van der Waals surface area contributed by atoms with Crippen LogP contribution in [0.4, 0.5) is 5.69 Å². The Kier molecular flexibility index (Phi) is 5.16. The molecule has 0 unspecified atom stereocenters. The molecular formula is C13H17BrN2O2. The molecule has 5 heteroatoms. The second-order valence-corrected chi connectivity index (χ2v) is 5.28. The van der Waals surface area contributed by atoms with Crippen molar-refractivity contribution in [3.05, 3.63) is 28.7 Å². The number of rotatable bonds is 5. The van der Waals surface area contributed by atoms with Crippen LogP contribution in [-0.2, 0) is 9.53 Å². The van der Waals surface area contributed by atoms with E-state index in [4.69, 9.17) is 4.74 Å². The lowest BCUT2D eigenvalue weighted by molar-refractivity contribution is -0.120. The highest BCUT2D eigenvalue weighted by molar-refractivity contribution is 9.10. The van der Waals surface area contributed by atoms with E-state index in [1.165, 1.54) is 6.42 Å². The van der Waals surface area contributed by atoms with E-state index in [0.717, 1.165) is 23.1 Å². The fourth-order valence-corrected chi connectivity index (χ4v) is 2.36. The lowest BCUT2D eigenvalue weighted by Gasteiger charge is -2.11. The molecule has 0 aromatic heterocycles. The Morgan fingerprint density at radius 3 is 3.17 bits per heavy atom. The summed E-state index contributed by atoms with van der Waals surface area (Å²) in [4.78, 5) is 11.6. The van der Waals surface area contributed by atoms with Crippen molar-refractivity contribution >= 4 is 27.5 Å². The van der Waals surface area contributed by atoms with Crippen LogP contribution in [-0.4, -0.2) is 31.7 Å². The maximum Gasteiger partial charge on any atom is 0.250 e. The van der Waals surface area contributed by atoms with Crippen LogP contribution in [0.2, 0.25) is 0 Å². The highest BCUT2D eigenvalue weighted by atomic mass is 79.9. The van der Waals surface area contributed by atoms with Gasteiger partial charge in [-0.2, -0.15) is 0 Å². The van der Waals surface area contributed by atoms with Crippen LogP contribution in [0.25, 0.3) is 0 Å². The molecule has 1 saturated heterocycles. The summed E-state index contributed by atoms with van der Waals surface area (Å²) in [7, 11) is 0. The first-order chi connectivity index (χ1) is 8.74. The molecule has 0 aliphatic carbocycles. The van der Waals surface area contributed by atoms with Crippen molar-refractivity contribution in [1.29, 1.82) is 0 Å². The van der Waals surface area contributed by atoms with Gasteiger partial charge >= 0.3 is 0 Å². The van der Waals surface area contributed by atoms with Gasteiger partial charge in [0.2, 0.25) is 5.91 Å². The topological polar surface area (TPSA) is 50.4 Å². The second kappa shape index (κ2) is 6.87. The lowest BCUT2D eigenvalue weighted by Crippen LogP contribution is -2.29. The Balaban J connectivity index is 1.68. The van der Waals surface area contributed by atoms with Gasteiger partial charge in [0.25, 0.3) is 0 Å². The zero-order valence-corrected chi connectivity index (χ0v) is 11.7. The Hall–Kier alpha value is -0.910. The maximum atomic E-state index is 11.6. The third kappa shape index (κ3) is 4.40. The first kappa shape index (κ1) is 13.5. The van der Waals surface area contributed by atoms with Gasteiger partial charge in [-0.1, -0.05) is 22.0 Å². The Labute approximate surface area is 115 Å². The molecule has 2 rings (SSSR count). The van der Waals surface area contributed by atoms with Gasteiger partial charge in [-0.3, -0.25) is 4.79 Å². The second-order valence-electron chi connectivity index (χ2n) is 4.37. The largest absolute Gasteiger partial charge is 0.370 e. The molecule has 0 spiro atoms. The standard InChI is InChI=1S/C13H17BrN2O2/c14-10-3-1-4-11(7-10)16-13(17)9-18-8-12-5-2-6-15-12/h1,3-4,7,12,15H,2,5-6,8-9H2,(H,16,17)/t12-/m0/s1. The van der Waals surface area contributed by atoms with E-state index in [-0.39, 0.29) is 12.5 Å². The number of carbonyl (C=O) groups excluding carboxylic acids is 1. The number of nitrogens with one attached hydrogen (secondary N) is 2. The minimum atomic E-state index is -0.119. The monoisotopic (exact) mass is 312 g/mol. The average Bonchev–Trinajstić information content (AvgIpc) is 2.82. The maximum absolute atomic E-state index is 11.6. The van der Waals surface area contributed by atoms with Gasteiger partial charge in [0.15, 0.2) is 0 Å². The van der Waals surface area contributed by atoms with Gasteiger partial charge in [0.05, 0.1) is 6.61 Å². The molecule has 4 nitrogen and oxygen atoms in total. The molecule has 1 aliphatic heterocycles. The normalized spacial score (nSPS) is 18.8. The molecule has 98 valence electrons. The minimum Gasteiger partial charge on any atom is -0.370 e. The molecule has 0 saturated carbocycles. The number of ether oxygens (including phenoxy) is 1. The molecule has 0 bridgehead atoms. The summed E-state index contributed by atoms with van der Waals surface area (Å²) in [5.74, 6) is -0.119. The van der Waals surface area contributed by atoms with E-state index in [1.54, 1.807) is 0 Å². The lowest BCUT2D eigenvalue weighted by atomic mass is 10.2. The first-order valence-electron chi connectivity index (χ1n) is 6.10. The molecule has 18 heavy (non-hydrogen) atoms. The van der Waals surface area contributed by atoms with Crippen molar-refractivity contribution in [2.45, 2.75) is 18.9 Å². The van der Waals surface area contributed by atoms with E-state index in [1.807, 2.05) is 24.3 Å². The molecule has 1 aliphatic rings. The van der Waals surface area contributed by atoms with Crippen LogP contribution < -0.4 is 10.6 Å². The van der Waals surface area contributed by atoms with Crippen LogP contribution in [0.3, 0.4) is 0 Å². The fraction of sp³-hybridized carbons (Fsp3) is 0.462. The van der Waals surface area contributed by atoms with Crippen molar-refractivity contribution < 1.29 is 9.53 Å². The molecule has 1 fully saturated rings. The van der Waals surface area contributed by atoms with Crippen molar-refractivity contribution in [3.63, 3.8) is 0 Å². The van der Waals surface area contributed by atoms with Crippen LogP contribution in [0.15, 0.2) is 28.7 Å². The third-order valence-corrected chi connectivity index (χ3v) is 3.32. The number of anilines is 1. The summed E-state index contributed by atoms with van der Waals surface area (Å²) < 4.78 is 6.34. The van der Waals surface area contributed by atoms with E-state index < -0.39 is 0 Å². The Morgan fingerprint density at radius 2 is 2.44 bits per heavy atom. The average molecular weight is 313 g/mol. The fourth-order valence-electron chi connectivity index (χ4n) is 1.96. The summed E-state index contributed by atoms with van der Waals surface area (Å²) >= 11 is 3.36. The van der Waals surface area contributed by atoms with Crippen molar-refractivity contribution in [3.8, 4) is 0 Å². The third-order valence-electron chi connectivity index (χ3n) is 2.82. The van der Waals surface area contributed by atoms with E-state index >= 15 is 0 Å². The number of hydrogen-bond acceptors (Lipinski definition) is 3. The predicted molar refractivity (Wildman–Crippen MR) is 74.6 cm³/mol. The number of amides is 1. The smallest absolute Gasteiger partial charge is 0.250 e. The highest BCUT2D eigenvalue weighted by Crippen LogP contribution is 2.15. The van der Waals surface area contributed by atoms with Crippen LogP contribution in [0.1, 0.15) is 12.8 Å². The van der Waals surface area contributed by atoms with Gasteiger partial charge in [0, 0.05) is 16.2 Å². The quantitative estimate of drug-likeness (QED) is 0.876. The van der Waals surface area contributed by atoms with Crippen molar-refractivity contribution in [2.75, 3.05) is 25.1 Å². The minimum absolute atomic E-state index is 0.102. The molecule has 1 aromatic rings. The zero-order chi connectivity index (χ0) is 12.8. The molecular weight excluding hydrogens is 296 g/mol. The van der Waals surface area contributed by atoms with Gasteiger partial charge in [-0.15, -0.1) is 0 Å². The summed E-state index contributed by atoms with van der Waals surface area (Å²) in [6, 6.07) is 7.90. The number of benzene rings is 1. The molecule has 1 amide bonds. The summed E-state index contributed by atoms with van der Waals surface area (Å²) in [6.45, 7) is 1.76. The number of hydrogen-bond donors (Lipinski definition) is 2. The van der Waals surface area contributed by atoms with Crippen molar-refractivity contribution in [1.82, 2.24) is 5.32 Å². The van der Waals surface area contributed by atoms with Gasteiger partial charge in [-0.05, 0) is 37.6 Å². The summed E-state index contributed by atoms with van der Waals surface area (Å²) in [6.07, 6.45) is 2.32. The number of carbonyl (C=O) groups is 1. The first-order valence-corrected chi connectivity index (χ1v) is 6.90. The molecule has 2 N–H and O–H groups in total. The number of halogens is 1. The molecule has 0 radical (unpaired) electrons. The highest BCUT2D eigenvalue weighted by Gasteiger charge is 2.14. The molecule has 1 aromatic carbocycles. The van der Waals surface area contributed by atoms with E-state index in [9.17, 15) is 4.79 Å². The van der Waals surface area contributed by atoms with Gasteiger partial charge in [0.1, 0.15) is 6.61 Å². The molecule has 1 atom stereocenters. The van der Waals surface area contributed by atoms with Crippen molar-refractivity contribution in [2.24, 2.45) is 0 Å². The summed E-state index contributed by atoms with van der Waals surface area (Å²) in [5, 5.41) is 6.12. The Bertz CT molecular complexity index is 406. The van der Waals surface area contributed by atoms with Crippen LogP contribution in [0.5, 0.6) is 0 Å². The van der Waals surface area contributed by atoms with E-state index in [2.05, 4.69) is 26.6 Å². The SMILES string of the molecule is O=C(COC[C@@H]1CCCN1)Nc1cccc(Br)c1. The Morgan fingerprint density at radius 1 is 1.56 bits per heavy atom. The van der Waals surface area contributed by atoms with Gasteiger partial charge in [-0.25, -0.2) is 0 Å². The van der Waals surface area contributed by atoms with E-state index in [0.29, 0.717) is 12.6 Å². The van der Waals surface area contributed by atoms with Gasteiger partial charge < -0.3 is 15.4 Å². The summed E-state index contributed by atoms with van der Waals surface area (Å²) in [5.41, 5.74) is 0.775. The van der Waals surface area contributed by atoms with Crippen LogP contribution in [0, 0.1) is 0 Å². The van der Waals surface area contributed by atoms with Crippen LogP contribution >= 0.6 is 15.9 Å². The molecule has 1 heterocycles.